The Bertz CT molecular complexity index is 277. The maximum Gasteiger partial charge on any atom is 0.404 e. The Morgan fingerprint density at radius 1 is 1.60 bits per heavy atom. The van der Waals surface area contributed by atoms with Crippen LogP contribution >= 0.6 is 11.3 Å². The van der Waals surface area contributed by atoms with E-state index in [1.165, 1.54) is 0 Å². The predicted molar refractivity (Wildman–Crippen MR) is 58.6 cm³/mol. The summed E-state index contributed by atoms with van der Waals surface area (Å²) in [6.07, 6.45) is 1.08. The van der Waals surface area contributed by atoms with E-state index >= 15 is 0 Å². The minimum absolute atomic E-state index is 0.397. The average molecular weight is 229 g/mol. The van der Waals surface area contributed by atoms with Crippen molar-refractivity contribution < 1.29 is 9.53 Å². The fourth-order valence-electron chi connectivity index (χ4n) is 1.07. The zero-order chi connectivity index (χ0) is 10.9. The van der Waals surface area contributed by atoms with Gasteiger partial charge in [-0.3, -0.25) is 0 Å². The van der Waals surface area contributed by atoms with E-state index in [0.717, 1.165) is 31.6 Å². The maximum absolute atomic E-state index is 10.2. The number of nitrogens with zero attached hydrogens (tertiary/aromatic N) is 1. The van der Waals surface area contributed by atoms with E-state index in [4.69, 9.17) is 5.73 Å². The third-order valence-corrected chi connectivity index (χ3v) is 2.42. The minimum atomic E-state index is -0.703. The molecule has 6 heteroatoms. The molecule has 0 fully saturated rings. The molecule has 0 aliphatic heterocycles. The van der Waals surface area contributed by atoms with Gasteiger partial charge >= 0.3 is 6.09 Å². The number of primary amides is 1. The highest BCUT2D eigenvalue weighted by atomic mass is 32.1. The number of nitrogens with two attached hydrogens (primary N) is 1. The molecule has 0 aromatic carbocycles. The number of hydrogen-bond acceptors (Lipinski definition) is 5. The van der Waals surface area contributed by atoms with Crippen LogP contribution in [0.5, 0.6) is 0 Å². The molecule has 15 heavy (non-hydrogen) atoms. The van der Waals surface area contributed by atoms with E-state index in [-0.39, 0.29) is 0 Å². The number of hydrogen-bond donors (Lipinski definition) is 2. The summed E-state index contributed by atoms with van der Waals surface area (Å²) in [5.41, 5.74) is 7.69. The highest BCUT2D eigenvalue weighted by molar-refractivity contribution is 7.07. The summed E-state index contributed by atoms with van der Waals surface area (Å²) in [7, 11) is 0. The van der Waals surface area contributed by atoms with Crippen LogP contribution in [0.2, 0.25) is 0 Å². The second-order valence-corrected chi connectivity index (χ2v) is 3.75. The lowest BCUT2D eigenvalue weighted by Gasteiger charge is -2.03. The molecule has 1 heterocycles. The van der Waals surface area contributed by atoms with Gasteiger partial charge in [0.05, 0.1) is 17.8 Å². The molecular weight excluding hydrogens is 214 g/mol. The van der Waals surface area contributed by atoms with Crippen molar-refractivity contribution in [3.8, 4) is 0 Å². The van der Waals surface area contributed by atoms with Gasteiger partial charge in [-0.15, -0.1) is 11.3 Å². The monoisotopic (exact) mass is 229 g/mol. The van der Waals surface area contributed by atoms with Gasteiger partial charge in [0, 0.05) is 11.9 Å². The summed E-state index contributed by atoms with van der Waals surface area (Å²) in [5.74, 6) is 0. The van der Waals surface area contributed by atoms with Crippen LogP contribution in [0, 0.1) is 0 Å². The summed E-state index contributed by atoms with van der Waals surface area (Å²) in [6, 6.07) is 0. The molecular formula is C9H15N3O2S. The van der Waals surface area contributed by atoms with Gasteiger partial charge in [-0.1, -0.05) is 0 Å². The molecule has 1 amide bonds. The number of carbonyl (C=O) groups excluding carboxylic acids is 1. The second-order valence-electron chi connectivity index (χ2n) is 3.03. The highest BCUT2D eigenvalue weighted by Gasteiger charge is 1.95. The molecule has 0 bridgehead atoms. The lowest BCUT2D eigenvalue weighted by molar-refractivity contribution is 0.154. The molecule has 0 spiro atoms. The number of carbonyl (C=O) groups is 1. The first-order valence-corrected chi connectivity index (χ1v) is 5.73. The van der Waals surface area contributed by atoms with E-state index < -0.39 is 6.09 Å². The fourth-order valence-corrected chi connectivity index (χ4v) is 1.62. The Balaban J connectivity index is 1.87. The van der Waals surface area contributed by atoms with Crippen LogP contribution in [0.25, 0.3) is 0 Å². The van der Waals surface area contributed by atoms with Crippen molar-refractivity contribution in [3.05, 3.63) is 16.6 Å². The van der Waals surface area contributed by atoms with Gasteiger partial charge in [0.15, 0.2) is 0 Å². The molecule has 0 unspecified atom stereocenters. The van der Waals surface area contributed by atoms with E-state index in [1.54, 1.807) is 11.3 Å². The van der Waals surface area contributed by atoms with Crippen LogP contribution in [-0.4, -0.2) is 24.2 Å². The van der Waals surface area contributed by atoms with Gasteiger partial charge in [0.1, 0.15) is 0 Å². The van der Waals surface area contributed by atoms with Gasteiger partial charge in [-0.25, -0.2) is 9.78 Å². The number of thiazole rings is 1. The van der Waals surface area contributed by atoms with Crippen LogP contribution < -0.4 is 11.1 Å². The van der Waals surface area contributed by atoms with Crippen LogP contribution in [0.3, 0.4) is 0 Å². The topological polar surface area (TPSA) is 77.2 Å². The van der Waals surface area contributed by atoms with E-state index in [9.17, 15) is 4.79 Å². The average Bonchev–Trinajstić information content (AvgIpc) is 2.68. The minimum Gasteiger partial charge on any atom is -0.450 e. The first kappa shape index (κ1) is 11.9. The standard InChI is InChI=1S/C9H15N3O2S/c10-9(13)14-4-2-1-3-11-5-8-6-15-7-12-8/h6-7,11H,1-5H2,(H2,10,13). The van der Waals surface area contributed by atoms with Crippen molar-refractivity contribution in [1.29, 1.82) is 0 Å². The summed E-state index contributed by atoms with van der Waals surface area (Å²) < 4.78 is 4.59. The highest BCUT2D eigenvalue weighted by Crippen LogP contribution is 1.99. The number of nitrogens with one attached hydrogen (secondary N) is 1. The van der Waals surface area contributed by atoms with Crippen LogP contribution in [-0.2, 0) is 11.3 Å². The van der Waals surface area contributed by atoms with E-state index in [2.05, 4.69) is 15.0 Å². The molecule has 0 aliphatic rings. The Hall–Kier alpha value is -1.14. The second kappa shape index (κ2) is 7.19. The maximum atomic E-state index is 10.2. The van der Waals surface area contributed by atoms with Gasteiger partial charge < -0.3 is 15.8 Å². The summed E-state index contributed by atoms with van der Waals surface area (Å²) in [4.78, 5) is 14.4. The third kappa shape index (κ3) is 6.03. The molecule has 0 radical (unpaired) electrons. The van der Waals surface area contributed by atoms with Gasteiger partial charge in [-0.2, -0.15) is 0 Å². The van der Waals surface area contributed by atoms with Gasteiger partial charge in [-0.05, 0) is 19.4 Å². The van der Waals surface area contributed by atoms with Crippen LogP contribution in [0.4, 0.5) is 4.79 Å². The normalized spacial score (nSPS) is 10.1. The van der Waals surface area contributed by atoms with Crippen molar-refractivity contribution in [1.82, 2.24) is 10.3 Å². The van der Waals surface area contributed by atoms with Crippen LogP contribution in [0.1, 0.15) is 18.5 Å². The SMILES string of the molecule is NC(=O)OCCCCNCc1cscn1. The molecule has 0 saturated carbocycles. The number of unbranched alkanes of at least 4 members (excludes halogenated alkanes) is 1. The third-order valence-electron chi connectivity index (χ3n) is 1.78. The molecule has 0 atom stereocenters. The molecule has 5 nitrogen and oxygen atoms in total. The molecule has 1 aromatic rings. The zero-order valence-corrected chi connectivity index (χ0v) is 9.26. The molecule has 0 aliphatic carbocycles. The first-order chi connectivity index (χ1) is 7.29. The fraction of sp³-hybridized carbons (Fsp3) is 0.556. The summed E-state index contributed by atoms with van der Waals surface area (Å²) in [5, 5.41) is 5.27. The number of aromatic nitrogens is 1. The largest absolute Gasteiger partial charge is 0.450 e. The Labute approximate surface area is 92.6 Å². The Morgan fingerprint density at radius 2 is 2.47 bits per heavy atom. The Kier molecular flexibility index (Phi) is 5.72. The first-order valence-electron chi connectivity index (χ1n) is 4.79. The van der Waals surface area contributed by atoms with Crippen LogP contribution in [0.15, 0.2) is 10.9 Å². The van der Waals surface area contributed by atoms with Crippen molar-refractivity contribution in [2.75, 3.05) is 13.2 Å². The smallest absolute Gasteiger partial charge is 0.404 e. The quantitative estimate of drug-likeness (QED) is 0.687. The van der Waals surface area contributed by atoms with Crippen molar-refractivity contribution in [3.63, 3.8) is 0 Å². The Morgan fingerprint density at radius 3 is 3.13 bits per heavy atom. The molecule has 1 rings (SSSR count). The lowest BCUT2D eigenvalue weighted by Crippen LogP contribution is -2.17. The van der Waals surface area contributed by atoms with Gasteiger partial charge in [0.25, 0.3) is 0 Å². The van der Waals surface area contributed by atoms with Gasteiger partial charge in [0.2, 0.25) is 0 Å². The number of ether oxygens (including phenoxy) is 1. The van der Waals surface area contributed by atoms with Crippen molar-refractivity contribution >= 4 is 17.4 Å². The number of amides is 1. The molecule has 3 N–H and O–H groups in total. The number of rotatable bonds is 7. The van der Waals surface area contributed by atoms with E-state index in [0.29, 0.717) is 6.61 Å². The summed E-state index contributed by atoms with van der Waals surface area (Å²) >= 11 is 1.59. The van der Waals surface area contributed by atoms with E-state index in [1.807, 2.05) is 10.9 Å². The lowest BCUT2D eigenvalue weighted by atomic mass is 10.3. The van der Waals surface area contributed by atoms with Crippen molar-refractivity contribution in [2.45, 2.75) is 19.4 Å². The molecule has 0 saturated heterocycles. The zero-order valence-electron chi connectivity index (χ0n) is 8.44. The molecule has 1 aromatic heterocycles. The summed E-state index contributed by atoms with van der Waals surface area (Å²) in [6.45, 7) is 2.08. The van der Waals surface area contributed by atoms with Crippen molar-refractivity contribution in [2.24, 2.45) is 5.73 Å². The molecule has 84 valence electrons. The predicted octanol–water partition coefficient (Wildman–Crippen LogP) is 1.11.